The van der Waals surface area contributed by atoms with Crippen molar-refractivity contribution in [3.63, 3.8) is 0 Å². The molecule has 2 aliphatic rings. The van der Waals surface area contributed by atoms with Crippen molar-refractivity contribution in [2.24, 2.45) is 5.73 Å². The van der Waals surface area contributed by atoms with E-state index in [4.69, 9.17) is 10.5 Å². The Morgan fingerprint density at radius 2 is 2.00 bits per heavy atom. The van der Waals surface area contributed by atoms with Crippen LogP contribution in [-0.4, -0.2) is 18.7 Å². The SMILES string of the molecule is NC1CC2(CCNCC2)Oc2ccccc21. The number of fused-ring (bicyclic) bond motifs is 1. The first kappa shape index (κ1) is 10.1. The van der Waals surface area contributed by atoms with Crippen LogP contribution in [0.4, 0.5) is 0 Å². The predicted octanol–water partition coefficient (Wildman–Crippen LogP) is 1.59. The molecule has 2 heterocycles. The minimum Gasteiger partial charge on any atom is -0.487 e. The zero-order valence-electron chi connectivity index (χ0n) is 9.41. The number of ether oxygens (including phenoxy) is 1. The third-order valence-electron chi connectivity index (χ3n) is 3.75. The van der Waals surface area contributed by atoms with Gasteiger partial charge in [0.05, 0.1) is 0 Å². The molecule has 3 rings (SSSR count). The van der Waals surface area contributed by atoms with Crippen LogP contribution in [0.2, 0.25) is 0 Å². The fourth-order valence-electron chi connectivity index (χ4n) is 2.85. The standard InChI is InChI=1S/C13H18N2O/c14-11-9-13(5-7-15-8-6-13)16-12-4-2-1-3-10(11)12/h1-4,11,15H,5-9,14H2. The van der Waals surface area contributed by atoms with Gasteiger partial charge in [-0.15, -0.1) is 0 Å². The predicted molar refractivity (Wildman–Crippen MR) is 63.5 cm³/mol. The van der Waals surface area contributed by atoms with Gasteiger partial charge in [-0.25, -0.2) is 0 Å². The Morgan fingerprint density at radius 1 is 1.25 bits per heavy atom. The van der Waals surface area contributed by atoms with Gasteiger partial charge >= 0.3 is 0 Å². The Bertz CT molecular complexity index is 385. The third kappa shape index (κ3) is 1.60. The second kappa shape index (κ2) is 3.75. The highest BCUT2D eigenvalue weighted by molar-refractivity contribution is 5.38. The second-order valence-electron chi connectivity index (χ2n) is 4.88. The van der Waals surface area contributed by atoms with E-state index in [1.165, 1.54) is 0 Å². The number of benzene rings is 1. The van der Waals surface area contributed by atoms with E-state index in [0.29, 0.717) is 0 Å². The summed E-state index contributed by atoms with van der Waals surface area (Å²) in [4.78, 5) is 0. The zero-order valence-corrected chi connectivity index (χ0v) is 9.41. The topological polar surface area (TPSA) is 47.3 Å². The van der Waals surface area contributed by atoms with E-state index in [2.05, 4.69) is 11.4 Å². The lowest BCUT2D eigenvalue weighted by molar-refractivity contribution is 0.00793. The summed E-state index contributed by atoms with van der Waals surface area (Å²) in [6.07, 6.45) is 3.08. The summed E-state index contributed by atoms with van der Waals surface area (Å²) in [7, 11) is 0. The van der Waals surface area contributed by atoms with Crippen molar-refractivity contribution in [1.82, 2.24) is 5.32 Å². The Labute approximate surface area is 96.0 Å². The van der Waals surface area contributed by atoms with E-state index >= 15 is 0 Å². The van der Waals surface area contributed by atoms with Gasteiger partial charge in [-0.3, -0.25) is 0 Å². The number of hydrogen-bond donors (Lipinski definition) is 2. The first-order valence-corrected chi connectivity index (χ1v) is 6.03. The number of para-hydroxylation sites is 1. The Morgan fingerprint density at radius 3 is 2.81 bits per heavy atom. The van der Waals surface area contributed by atoms with E-state index < -0.39 is 0 Å². The quantitative estimate of drug-likeness (QED) is 0.695. The molecule has 1 aromatic rings. The number of hydrogen-bond acceptors (Lipinski definition) is 3. The second-order valence-corrected chi connectivity index (χ2v) is 4.88. The molecule has 3 heteroatoms. The Hall–Kier alpha value is -1.06. The maximum atomic E-state index is 6.25. The molecule has 1 saturated heterocycles. The molecule has 0 bridgehead atoms. The van der Waals surface area contributed by atoms with Gasteiger partial charge < -0.3 is 15.8 Å². The number of nitrogens with one attached hydrogen (secondary N) is 1. The summed E-state index contributed by atoms with van der Waals surface area (Å²) in [5.41, 5.74) is 7.40. The van der Waals surface area contributed by atoms with E-state index in [9.17, 15) is 0 Å². The van der Waals surface area contributed by atoms with Gasteiger partial charge in [-0.2, -0.15) is 0 Å². The molecule has 0 saturated carbocycles. The number of piperidine rings is 1. The van der Waals surface area contributed by atoms with Gasteiger partial charge in [-0.1, -0.05) is 18.2 Å². The average molecular weight is 218 g/mol. The van der Waals surface area contributed by atoms with Gasteiger partial charge in [0.2, 0.25) is 0 Å². The molecule has 1 spiro atoms. The minimum absolute atomic E-state index is 0.0149. The van der Waals surface area contributed by atoms with Crippen molar-refractivity contribution in [3.05, 3.63) is 29.8 Å². The van der Waals surface area contributed by atoms with Crippen molar-refractivity contribution in [2.45, 2.75) is 30.9 Å². The lowest BCUT2D eigenvalue weighted by atomic mass is 9.81. The summed E-state index contributed by atoms with van der Waals surface area (Å²) in [6, 6.07) is 8.29. The van der Waals surface area contributed by atoms with Crippen LogP contribution in [0.5, 0.6) is 5.75 Å². The molecule has 1 atom stereocenters. The molecular formula is C13H18N2O. The monoisotopic (exact) mass is 218 g/mol. The van der Waals surface area contributed by atoms with E-state index in [-0.39, 0.29) is 11.6 Å². The van der Waals surface area contributed by atoms with Gasteiger partial charge in [0, 0.05) is 18.0 Å². The molecule has 0 radical (unpaired) electrons. The average Bonchev–Trinajstić information content (AvgIpc) is 2.30. The highest BCUT2D eigenvalue weighted by Crippen LogP contribution is 2.42. The van der Waals surface area contributed by atoms with Gasteiger partial charge in [-0.05, 0) is 32.0 Å². The highest BCUT2D eigenvalue weighted by Gasteiger charge is 2.40. The summed E-state index contributed by atoms with van der Waals surface area (Å²) < 4.78 is 6.21. The van der Waals surface area contributed by atoms with Gasteiger partial charge in [0.25, 0.3) is 0 Å². The van der Waals surface area contributed by atoms with Gasteiger partial charge in [0.15, 0.2) is 0 Å². The number of nitrogens with two attached hydrogens (primary N) is 1. The molecule has 0 aliphatic carbocycles. The lowest BCUT2D eigenvalue weighted by Crippen LogP contribution is -2.50. The Kier molecular flexibility index (Phi) is 2.37. The van der Waals surface area contributed by atoms with Crippen molar-refractivity contribution in [2.75, 3.05) is 13.1 Å². The van der Waals surface area contributed by atoms with Crippen LogP contribution in [0.3, 0.4) is 0 Å². The van der Waals surface area contributed by atoms with Crippen molar-refractivity contribution in [3.8, 4) is 5.75 Å². The fraction of sp³-hybridized carbons (Fsp3) is 0.538. The first-order valence-electron chi connectivity index (χ1n) is 6.03. The third-order valence-corrected chi connectivity index (χ3v) is 3.75. The molecule has 0 amide bonds. The van der Waals surface area contributed by atoms with Crippen LogP contribution in [0.15, 0.2) is 24.3 Å². The molecule has 1 unspecified atom stereocenters. The Balaban J connectivity index is 1.93. The highest BCUT2D eigenvalue weighted by atomic mass is 16.5. The summed E-state index contributed by atoms with van der Waals surface area (Å²) in [5.74, 6) is 0.989. The largest absolute Gasteiger partial charge is 0.487 e. The first-order chi connectivity index (χ1) is 7.79. The summed E-state index contributed by atoms with van der Waals surface area (Å²) in [6.45, 7) is 2.07. The normalized spacial score (nSPS) is 27.2. The molecule has 0 aromatic heterocycles. The lowest BCUT2D eigenvalue weighted by Gasteiger charge is -2.43. The molecular weight excluding hydrogens is 200 g/mol. The van der Waals surface area contributed by atoms with Crippen LogP contribution in [0.1, 0.15) is 30.9 Å². The van der Waals surface area contributed by atoms with Crippen molar-refractivity contribution in [1.29, 1.82) is 0 Å². The molecule has 3 N–H and O–H groups in total. The van der Waals surface area contributed by atoms with Gasteiger partial charge in [0.1, 0.15) is 11.4 Å². The van der Waals surface area contributed by atoms with Crippen LogP contribution in [0, 0.1) is 0 Å². The van der Waals surface area contributed by atoms with Crippen LogP contribution in [-0.2, 0) is 0 Å². The van der Waals surface area contributed by atoms with Crippen LogP contribution in [0.25, 0.3) is 0 Å². The summed E-state index contributed by atoms with van der Waals surface area (Å²) in [5, 5.41) is 3.37. The summed E-state index contributed by atoms with van der Waals surface area (Å²) >= 11 is 0. The molecule has 86 valence electrons. The number of rotatable bonds is 0. The smallest absolute Gasteiger partial charge is 0.124 e. The molecule has 1 aromatic carbocycles. The zero-order chi connectivity index (χ0) is 11.0. The van der Waals surface area contributed by atoms with Crippen LogP contribution < -0.4 is 15.8 Å². The molecule has 3 nitrogen and oxygen atoms in total. The minimum atomic E-state index is -0.0149. The van der Waals surface area contributed by atoms with E-state index in [1.807, 2.05) is 18.2 Å². The van der Waals surface area contributed by atoms with Crippen LogP contribution >= 0.6 is 0 Å². The fourth-order valence-corrected chi connectivity index (χ4v) is 2.85. The van der Waals surface area contributed by atoms with E-state index in [0.717, 1.165) is 43.7 Å². The molecule has 16 heavy (non-hydrogen) atoms. The molecule has 1 fully saturated rings. The van der Waals surface area contributed by atoms with Crippen molar-refractivity contribution < 1.29 is 4.74 Å². The molecule has 2 aliphatic heterocycles. The van der Waals surface area contributed by atoms with Crippen molar-refractivity contribution >= 4 is 0 Å². The van der Waals surface area contributed by atoms with E-state index in [1.54, 1.807) is 0 Å². The maximum Gasteiger partial charge on any atom is 0.124 e. The maximum absolute atomic E-state index is 6.25.